The molecule has 1 aromatic rings. The monoisotopic (exact) mass is 450 g/mol. The van der Waals surface area contributed by atoms with Crippen molar-refractivity contribution in [3.8, 4) is 0 Å². The van der Waals surface area contributed by atoms with Crippen LogP contribution in [0.5, 0.6) is 0 Å². The maximum atomic E-state index is 3.85. The van der Waals surface area contributed by atoms with E-state index in [4.69, 9.17) is 0 Å². The van der Waals surface area contributed by atoms with E-state index in [2.05, 4.69) is 28.1 Å². The molecule has 0 nitrogen and oxygen atoms in total. The standard InChI is InChI=1S/C25H37Br.H3P/c26-18-22-16-17-23(19-10-4-1-5-11-19)25(21-14-8-3-9-15-21)24(22)20-12-6-2-7-13-20;/h16-17,19-21H,1-15,18H2;1H3. The Bertz CT molecular complexity index is 578. The van der Waals surface area contributed by atoms with Gasteiger partial charge in [-0.1, -0.05) is 85.9 Å². The van der Waals surface area contributed by atoms with Crippen LogP contribution in [0.25, 0.3) is 0 Å². The Morgan fingerprint density at radius 1 is 0.593 bits per heavy atom. The first-order valence-electron chi connectivity index (χ1n) is 11.6. The van der Waals surface area contributed by atoms with Crippen LogP contribution in [0.1, 0.15) is 136 Å². The van der Waals surface area contributed by atoms with Gasteiger partial charge < -0.3 is 0 Å². The highest BCUT2D eigenvalue weighted by Crippen LogP contribution is 2.47. The fourth-order valence-electron chi connectivity index (χ4n) is 6.30. The Morgan fingerprint density at radius 3 is 1.52 bits per heavy atom. The number of benzene rings is 1. The number of alkyl halides is 1. The van der Waals surface area contributed by atoms with Crippen LogP contribution in [-0.2, 0) is 5.33 Å². The van der Waals surface area contributed by atoms with Crippen molar-refractivity contribution < 1.29 is 0 Å². The highest BCUT2D eigenvalue weighted by atomic mass is 79.9. The molecule has 1 unspecified atom stereocenters. The molecule has 1 atom stereocenters. The molecule has 0 bridgehead atoms. The lowest BCUT2D eigenvalue weighted by molar-refractivity contribution is 0.403. The molecule has 3 saturated carbocycles. The third-order valence-corrected chi connectivity index (χ3v) is 8.23. The van der Waals surface area contributed by atoms with Crippen LogP contribution in [0.15, 0.2) is 12.1 Å². The summed E-state index contributed by atoms with van der Waals surface area (Å²) in [7, 11) is 0. The molecule has 4 rings (SSSR count). The SMILES string of the molecule is BrCc1ccc(C2CCCCC2)c(C2CCCCC2)c1C1CCCCC1.P. The van der Waals surface area contributed by atoms with E-state index in [1.54, 1.807) is 11.1 Å². The van der Waals surface area contributed by atoms with Gasteiger partial charge in [0.05, 0.1) is 0 Å². The summed E-state index contributed by atoms with van der Waals surface area (Å²) in [6.45, 7) is 0. The molecule has 0 saturated heterocycles. The molecule has 0 heterocycles. The van der Waals surface area contributed by atoms with E-state index in [1.807, 2.05) is 11.1 Å². The minimum atomic E-state index is 0. The normalized spacial score (nSPS) is 23.1. The molecule has 0 aliphatic heterocycles. The van der Waals surface area contributed by atoms with Crippen molar-refractivity contribution in [3.63, 3.8) is 0 Å². The second-order valence-electron chi connectivity index (χ2n) is 9.28. The van der Waals surface area contributed by atoms with Crippen molar-refractivity contribution >= 4 is 25.8 Å². The molecule has 27 heavy (non-hydrogen) atoms. The molecule has 0 aromatic heterocycles. The van der Waals surface area contributed by atoms with Gasteiger partial charge in [0.1, 0.15) is 0 Å². The predicted molar refractivity (Wildman–Crippen MR) is 128 cm³/mol. The van der Waals surface area contributed by atoms with E-state index >= 15 is 0 Å². The zero-order chi connectivity index (χ0) is 17.8. The third kappa shape index (κ3) is 5.01. The fourth-order valence-corrected chi connectivity index (χ4v) is 6.79. The zero-order valence-electron chi connectivity index (χ0n) is 17.3. The molecule has 2 heteroatoms. The predicted octanol–water partition coefficient (Wildman–Crippen LogP) is 8.78. The van der Waals surface area contributed by atoms with Crippen molar-refractivity contribution in [2.24, 2.45) is 0 Å². The Labute approximate surface area is 179 Å². The smallest absolute Gasteiger partial charge is 0.0285 e. The highest BCUT2D eigenvalue weighted by Gasteiger charge is 2.30. The molecule has 152 valence electrons. The number of halogens is 1. The second kappa shape index (κ2) is 10.8. The Kier molecular flexibility index (Phi) is 8.71. The average Bonchev–Trinajstić information content (AvgIpc) is 2.74. The summed E-state index contributed by atoms with van der Waals surface area (Å²) in [6.07, 6.45) is 21.8. The van der Waals surface area contributed by atoms with Crippen LogP contribution in [-0.4, -0.2) is 0 Å². The van der Waals surface area contributed by atoms with Gasteiger partial charge in [-0.25, -0.2) is 0 Å². The lowest BCUT2D eigenvalue weighted by Gasteiger charge is -2.36. The fraction of sp³-hybridized carbons (Fsp3) is 0.760. The van der Waals surface area contributed by atoms with Crippen LogP contribution in [0.4, 0.5) is 0 Å². The van der Waals surface area contributed by atoms with Crippen LogP contribution in [0.2, 0.25) is 0 Å². The van der Waals surface area contributed by atoms with Gasteiger partial charge in [-0.2, -0.15) is 9.90 Å². The van der Waals surface area contributed by atoms with Gasteiger partial charge in [0.15, 0.2) is 0 Å². The molecular formula is C25H40BrP. The van der Waals surface area contributed by atoms with E-state index in [9.17, 15) is 0 Å². The van der Waals surface area contributed by atoms with Gasteiger partial charge in [-0.15, -0.1) is 0 Å². The summed E-state index contributed by atoms with van der Waals surface area (Å²) in [5.74, 6) is 2.56. The lowest BCUT2D eigenvalue weighted by atomic mass is 9.70. The van der Waals surface area contributed by atoms with Crippen molar-refractivity contribution in [2.45, 2.75) is 119 Å². The lowest BCUT2D eigenvalue weighted by Crippen LogP contribution is -2.19. The second-order valence-corrected chi connectivity index (χ2v) is 9.84. The van der Waals surface area contributed by atoms with Crippen LogP contribution >= 0.6 is 25.8 Å². The number of rotatable bonds is 4. The molecule has 0 N–H and O–H groups in total. The molecule has 0 amide bonds. The molecule has 0 radical (unpaired) electrons. The molecule has 1 aromatic carbocycles. The summed E-state index contributed by atoms with van der Waals surface area (Å²) in [4.78, 5) is 0. The molecule has 3 fully saturated rings. The van der Waals surface area contributed by atoms with E-state index in [0.29, 0.717) is 0 Å². The van der Waals surface area contributed by atoms with Gasteiger partial charge in [-0.05, 0) is 78.5 Å². The Morgan fingerprint density at radius 2 is 1.04 bits per heavy atom. The first kappa shape index (κ1) is 21.8. The maximum Gasteiger partial charge on any atom is 0.0285 e. The van der Waals surface area contributed by atoms with Crippen molar-refractivity contribution in [1.29, 1.82) is 0 Å². The summed E-state index contributed by atoms with van der Waals surface area (Å²) in [5.41, 5.74) is 7.12. The highest BCUT2D eigenvalue weighted by molar-refractivity contribution is 9.08. The number of hydrogen-bond acceptors (Lipinski definition) is 0. The molecule has 0 spiro atoms. The van der Waals surface area contributed by atoms with Gasteiger partial charge in [0, 0.05) is 5.33 Å². The minimum Gasteiger partial charge on any atom is -0.153 e. The summed E-state index contributed by atoms with van der Waals surface area (Å²) in [6, 6.07) is 5.08. The quantitative estimate of drug-likeness (QED) is 0.317. The van der Waals surface area contributed by atoms with Crippen molar-refractivity contribution in [1.82, 2.24) is 0 Å². The first-order chi connectivity index (χ1) is 12.9. The van der Waals surface area contributed by atoms with E-state index in [-0.39, 0.29) is 9.90 Å². The third-order valence-electron chi connectivity index (χ3n) is 7.63. The summed E-state index contributed by atoms with van der Waals surface area (Å²) in [5, 5.41) is 1.05. The summed E-state index contributed by atoms with van der Waals surface area (Å²) >= 11 is 3.85. The van der Waals surface area contributed by atoms with Crippen molar-refractivity contribution in [3.05, 3.63) is 34.4 Å². The van der Waals surface area contributed by atoms with Gasteiger partial charge in [0.2, 0.25) is 0 Å². The Hall–Kier alpha value is 0.130. The van der Waals surface area contributed by atoms with Crippen molar-refractivity contribution in [2.75, 3.05) is 0 Å². The maximum absolute atomic E-state index is 3.85. The molecule has 3 aliphatic rings. The van der Waals surface area contributed by atoms with Crippen LogP contribution < -0.4 is 0 Å². The topological polar surface area (TPSA) is 0 Å². The van der Waals surface area contributed by atoms with E-state index in [0.717, 1.165) is 23.1 Å². The Balaban J connectivity index is 0.00000210. The average molecular weight is 451 g/mol. The van der Waals surface area contributed by atoms with E-state index < -0.39 is 0 Å². The van der Waals surface area contributed by atoms with Gasteiger partial charge in [-0.3, -0.25) is 0 Å². The van der Waals surface area contributed by atoms with E-state index in [1.165, 1.54) is 96.3 Å². The number of hydrogen-bond donors (Lipinski definition) is 0. The van der Waals surface area contributed by atoms with Crippen LogP contribution in [0, 0.1) is 0 Å². The largest absolute Gasteiger partial charge is 0.153 e. The first-order valence-corrected chi connectivity index (χ1v) is 12.7. The minimum absolute atomic E-state index is 0. The van der Waals surface area contributed by atoms with Gasteiger partial charge >= 0.3 is 0 Å². The molecule has 3 aliphatic carbocycles. The summed E-state index contributed by atoms with van der Waals surface area (Å²) < 4.78 is 0. The molecular weight excluding hydrogens is 411 g/mol. The van der Waals surface area contributed by atoms with Gasteiger partial charge in [0.25, 0.3) is 0 Å². The zero-order valence-corrected chi connectivity index (χ0v) is 20.3. The van der Waals surface area contributed by atoms with Crippen LogP contribution in [0.3, 0.4) is 0 Å².